The van der Waals surface area contributed by atoms with Crippen LogP contribution in [0.5, 0.6) is 0 Å². The predicted octanol–water partition coefficient (Wildman–Crippen LogP) is 1.48. The van der Waals surface area contributed by atoms with Crippen LogP contribution in [0.25, 0.3) is 0 Å². The lowest BCUT2D eigenvalue weighted by Gasteiger charge is -2.10. The van der Waals surface area contributed by atoms with E-state index >= 15 is 0 Å². The van der Waals surface area contributed by atoms with E-state index in [0.29, 0.717) is 12.0 Å². The number of ether oxygens (including phenoxy) is 1. The highest BCUT2D eigenvalue weighted by molar-refractivity contribution is 5.06. The van der Waals surface area contributed by atoms with Gasteiger partial charge in [0.2, 0.25) is 0 Å². The number of nitrogens with one attached hydrogen (secondary N) is 1. The molecular formula is C12H19N3O. The zero-order chi connectivity index (χ0) is 11.4. The standard InChI is InChI=1S/C12H19N3O/c1-9(2)14-7-11-3-5-13-12(15-11)10-4-6-16-8-10/h3,5,9-10,14H,4,6-8H2,1-2H3. The first kappa shape index (κ1) is 11.5. The van der Waals surface area contributed by atoms with Crippen molar-refractivity contribution in [2.75, 3.05) is 13.2 Å². The highest BCUT2D eigenvalue weighted by Gasteiger charge is 2.20. The van der Waals surface area contributed by atoms with Crippen LogP contribution in [-0.4, -0.2) is 29.2 Å². The van der Waals surface area contributed by atoms with E-state index in [0.717, 1.165) is 37.7 Å². The van der Waals surface area contributed by atoms with Crippen molar-refractivity contribution in [3.05, 3.63) is 23.8 Å². The molecule has 1 aromatic rings. The second kappa shape index (κ2) is 5.37. The van der Waals surface area contributed by atoms with Crippen LogP contribution >= 0.6 is 0 Å². The largest absolute Gasteiger partial charge is 0.381 e. The monoisotopic (exact) mass is 221 g/mol. The van der Waals surface area contributed by atoms with Gasteiger partial charge in [-0.2, -0.15) is 0 Å². The molecule has 0 aliphatic carbocycles. The van der Waals surface area contributed by atoms with Crippen molar-refractivity contribution >= 4 is 0 Å². The van der Waals surface area contributed by atoms with Gasteiger partial charge in [-0.05, 0) is 12.5 Å². The van der Waals surface area contributed by atoms with Crippen molar-refractivity contribution in [1.29, 1.82) is 0 Å². The number of aromatic nitrogens is 2. The zero-order valence-corrected chi connectivity index (χ0v) is 9.94. The SMILES string of the molecule is CC(C)NCc1ccnc(C2CCOC2)n1. The predicted molar refractivity (Wildman–Crippen MR) is 62.2 cm³/mol. The molecule has 1 N–H and O–H groups in total. The first-order valence-corrected chi connectivity index (χ1v) is 5.88. The molecule has 1 unspecified atom stereocenters. The van der Waals surface area contributed by atoms with E-state index < -0.39 is 0 Å². The maximum atomic E-state index is 5.35. The lowest BCUT2D eigenvalue weighted by Crippen LogP contribution is -2.23. The molecule has 4 heteroatoms. The minimum atomic E-state index is 0.388. The molecule has 88 valence electrons. The molecule has 1 aliphatic heterocycles. The average Bonchev–Trinajstić information content (AvgIpc) is 2.80. The van der Waals surface area contributed by atoms with E-state index in [2.05, 4.69) is 29.1 Å². The summed E-state index contributed by atoms with van der Waals surface area (Å²) in [4.78, 5) is 8.90. The summed E-state index contributed by atoms with van der Waals surface area (Å²) in [5, 5.41) is 3.36. The van der Waals surface area contributed by atoms with Crippen LogP contribution < -0.4 is 5.32 Å². The van der Waals surface area contributed by atoms with Crippen LogP contribution in [0.1, 0.15) is 37.7 Å². The van der Waals surface area contributed by atoms with Crippen LogP contribution in [0.15, 0.2) is 12.3 Å². The maximum Gasteiger partial charge on any atom is 0.134 e. The maximum absolute atomic E-state index is 5.35. The highest BCUT2D eigenvalue weighted by atomic mass is 16.5. The van der Waals surface area contributed by atoms with Gasteiger partial charge in [-0.3, -0.25) is 0 Å². The minimum absolute atomic E-state index is 0.388. The van der Waals surface area contributed by atoms with Gasteiger partial charge < -0.3 is 10.1 Å². The third-order valence-electron chi connectivity index (χ3n) is 2.72. The first-order chi connectivity index (χ1) is 7.75. The van der Waals surface area contributed by atoms with Crippen molar-refractivity contribution in [3.8, 4) is 0 Å². The molecule has 0 saturated carbocycles. The zero-order valence-electron chi connectivity index (χ0n) is 9.94. The summed E-state index contributed by atoms with van der Waals surface area (Å²) in [6, 6.07) is 2.45. The third kappa shape index (κ3) is 3.00. The van der Waals surface area contributed by atoms with Crippen molar-refractivity contribution in [2.24, 2.45) is 0 Å². The lowest BCUT2D eigenvalue weighted by atomic mass is 10.1. The number of hydrogen-bond donors (Lipinski definition) is 1. The highest BCUT2D eigenvalue weighted by Crippen LogP contribution is 2.21. The average molecular weight is 221 g/mol. The van der Waals surface area contributed by atoms with Crippen LogP contribution in [0, 0.1) is 0 Å². The van der Waals surface area contributed by atoms with Gasteiger partial charge in [0.15, 0.2) is 0 Å². The van der Waals surface area contributed by atoms with E-state index in [1.807, 2.05) is 12.3 Å². The molecule has 0 amide bonds. The Morgan fingerprint density at radius 3 is 3.12 bits per heavy atom. The number of hydrogen-bond acceptors (Lipinski definition) is 4. The fourth-order valence-corrected chi connectivity index (χ4v) is 1.75. The van der Waals surface area contributed by atoms with Crippen molar-refractivity contribution < 1.29 is 4.74 Å². The molecule has 1 atom stereocenters. The van der Waals surface area contributed by atoms with Crippen LogP contribution in [-0.2, 0) is 11.3 Å². The molecule has 1 fully saturated rings. The van der Waals surface area contributed by atoms with E-state index in [4.69, 9.17) is 4.74 Å². The number of rotatable bonds is 4. The summed E-state index contributed by atoms with van der Waals surface area (Å²) < 4.78 is 5.35. The molecule has 2 rings (SSSR count). The molecule has 1 saturated heterocycles. The summed E-state index contributed by atoms with van der Waals surface area (Å²) in [7, 11) is 0. The van der Waals surface area contributed by atoms with Gasteiger partial charge in [0, 0.05) is 31.3 Å². The second-order valence-corrected chi connectivity index (χ2v) is 4.50. The Kier molecular flexibility index (Phi) is 3.85. The lowest BCUT2D eigenvalue weighted by molar-refractivity contribution is 0.193. The van der Waals surface area contributed by atoms with Gasteiger partial charge >= 0.3 is 0 Å². The summed E-state index contributed by atoms with van der Waals surface area (Å²) in [5.74, 6) is 1.32. The summed E-state index contributed by atoms with van der Waals surface area (Å²) in [5.41, 5.74) is 1.06. The summed E-state index contributed by atoms with van der Waals surface area (Å²) in [6.45, 7) is 6.67. The van der Waals surface area contributed by atoms with Crippen LogP contribution in [0.2, 0.25) is 0 Å². The van der Waals surface area contributed by atoms with Gasteiger partial charge in [-0.15, -0.1) is 0 Å². The minimum Gasteiger partial charge on any atom is -0.381 e. The van der Waals surface area contributed by atoms with E-state index in [1.165, 1.54) is 0 Å². The van der Waals surface area contributed by atoms with Gasteiger partial charge in [0.25, 0.3) is 0 Å². The second-order valence-electron chi connectivity index (χ2n) is 4.50. The van der Waals surface area contributed by atoms with Crippen molar-refractivity contribution in [3.63, 3.8) is 0 Å². The van der Waals surface area contributed by atoms with Crippen LogP contribution in [0.3, 0.4) is 0 Å². The Hall–Kier alpha value is -1.00. The molecule has 0 radical (unpaired) electrons. The Balaban J connectivity index is 2.01. The Labute approximate surface area is 96.4 Å². The van der Waals surface area contributed by atoms with Crippen molar-refractivity contribution in [1.82, 2.24) is 15.3 Å². The smallest absolute Gasteiger partial charge is 0.134 e. The summed E-state index contributed by atoms with van der Waals surface area (Å²) in [6.07, 6.45) is 2.89. The quantitative estimate of drug-likeness (QED) is 0.836. The topological polar surface area (TPSA) is 47.0 Å². The molecular weight excluding hydrogens is 202 g/mol. The van der Waals surface area contributed by atoms with E-state index in [9.17, 15) is 0 Å². The Bertz CT molecular complexity index is 335. The van der Waals surface area contributed by atoms with Gasteiger partial charge in [0.05, 0.1) is 12.3 Å². The molecule has 2 heterocycles. The van der Waals surface area contributed by atoms with E-state index in [1.54, 1.807) is 0 Å². The fourth-order valence-electron chi connectivity index (χ4n) is 1.75. The molecule has 0 bridgehead atoms. The molecule has 0 aromatic carbocycles. The Morgan fingerprint density at radius 1 is 1.56 bits per heavy atom. The first-order valence-electron chi connectivity index (χ1n) is 5.88. The molecule has 0 spiro atoms. The molecule has 1 aliphatic rings. The molecule has 4 nitrogen and oxygen atoms in total. The van der Waals surface area contributed by atoms with Gasteiger partial charge in [-0.1, -0.05) is 13.8 Å². The van der Waals surface area contributed by atoms with E-state index in [-0.39, 0.29) is 0 Å². The molecule has 1 aromatic heterocycles. The van der Waals surface area contributed by atoms with Gasteiger partial charge in [-0.25, -0.2) is 9.97 Å². The Morgan fingerprint density at radius 2 is 2.44 bits per heavy atom. The normalized spacial score (nSPS) is 20.6. The van der Waals surface area contributed by atoms with Gasteiger partial charge in [0.1, 0.15) is 5.82 Å². The summed E-state index contributed by atoms with van der Waals surface area (Å²) >= 11 is 0. The fraction of sp³-hybridized carbons (Fsp3) is 0.667. The van der Waals surface area contributed by atoms with Crippen molar-refractivity contribution in [2.45, 2.75) is 38.8 Å². The third-order valence-corrected chi connectivity index (χ3v) is 2.72. The number of nitrogens with zero attached hydrogens (tertiary/aromatic N) is 2. The molecule has 16 heavy (non-hydrogen) atoms. The van der Waals surface area contributed by atoms with Crippen LogP contribution in [0.4, 0.5) is 0 Å².